The first-order valence-electron chi connectivity index (χ1n) is 15.2. The van der Waals surface area contributed by atoms with Gasteiger partial charge in [-0.3, -0.25) is 14.6 Å². The third-order valence-corrected chi connectivity index (χ3v) is 9.62. The van der Waals surface area contributed by atoms with Crippen LogP contribution in [-0.4, -0.2) is 71.1 Å². The summed E-state index contributed by atoms with van der Waals surface area (Å²) in [6.07, 6.45) is 14.4. The second-order valence-electron chi connectivity index (χ2n) is 12.2. The van der Waals surface area contributed by atoms with E-state index in [1.165, 1.54) is 32.1 Å². The zero-order valence-corrected chi connectivity index (χ0v) is 23.8. The number of carbonyl (C=O) groups is 2. The molecule has 0 atom stereocenters. The van der Waals surface area contributed by atoms with Gasteiger partial charge in [0.2, 0.25) is 0 Å². The number of carbonyl (C=O) groups excluding carboxylic acids is 2. The molecule has 2 amide bonds. The van der Waals surface area contributed by atoms with E-state index in [2.05, 4.69) is 17.9 Å². The van der Waals surface area contributed by atoms with Crippen LogP contribution in [0.5, 0.6) is 0 Å². The van der Waals surface area contributed by atoms with E-state index in [1.54, 1.807) is 0 Å². The molecule has 0 radical (unpaired) electrons. The first-order chi connectivity index (χ1) is 18.4. The van der Waals surface area contributed by atoms with E-state index >= 15 is 0 Å². The summed E-state index contributed by atoms with van der Waals surface area (Å²) in [6.45, 7) is 10.6. The van der Waals surface area contributed by atoms with Crippen LogP contribution in [0.15, 0.2) is 30.0 Å². The molecule has 3 heterocycles. The third-order valence-electron chi connectivity index (χ3n) is 9.62. The van der Waals surface area contributed by atoms with E-state index in [-0.39, 0.29) is 12.0 Å². The smallest absolute Gasteiger partial charge is 0.415 e. The maximum atomic E-state index is 13.3. The number of unbranched alkanes of at least 4 members (excludes halogenated alkanes) is 1. The average Bonchev–Trinajstić information content (AvgIpc) is 3.17. The van der Waals surface area contributed by atoms with Crippen LogP contribution < -0.4 is 0 Å². The number of ether oxygens (including phenoxy) is 1. The van der Waals surface area contributed by atoms with Gasteiger partial charge < -0.3 is 9.64 Å². The summed E-state index contributed by atoms with van der Waals surface area (Å²) in [5.41, 5.74) is 3.71. The summed E-state index contributed by atoms with van der Waals surface area (Å²) >= 11 is 0. The predicted molar refractivity (Wildman–Crippen MR) is 151 cm³/mol. The highest BCUT2D eigenvalue weighted by atomic mass is 16.6. The Labute approximate surface area is 229 Å². The zero-order valence-electron chi connectivity index (χ0n) is 23.8. The van der Waals surface area contributed by atoms with E-state index in [0.717, 1.165) is 93.6 Å². The van der Waals surface area contributed by atoms with Gasteiger partial charge in [-0.05, 0) is 63.0 Å². The van der Waals surface area contributed by atoms with Crippen LogP contribution in [0.1, 0.15) is 99.0 Å². The van der Waals surface area contributed by atoms with Crippen molar-refractivity contribution in [3.05, 3.63) is 46.7 Å². The van der Waals surface area contributed by atoms with Crippen molar-refractivity contribution in [2.75, 3.05) is 32.7 Å². The van der Waals surface area contributed by atoms with Crippen molar-refractivity contribution in [2.45, 2.75) is 103 Å². The van der Waals surface area contributed by atoms with Crippen molar-refractivity contribution < 1.29 is 14.3 Å². The number of likely N-dealkylation sites (tertiary alicyclic amines) is 2. The Bertz CT molecular complexity index is 1010. The van der Waals surface area contributed by atoms with Gasteiger partial charge in [0, 0.05) is 57.2 Å². The quantitative estimate of drug-likeness (QED) is 0.431. The second-order valence-corrected chi connectivity index (χ2v) is 12.2. The summed E-state index contributed by atoms with van der Waals surface area (Å²) in [5.74, 6) is 0.784. The van der Waals surface area contributed by atoms with Crippen LogP contribution in [0.4, 0.5) is 4.79 Å². The summed E-state index contributed by atoms with van der Waals surface area (Å²) in [6, 6.07) is 6.58. The van der Waals surface area contributed by atoms with E-state index in [1.807, 2.05) is 41.8 Å². The van der Waals surface area contributed by atoms with Gasteiger partial charge in [0.1, 0.15) is 0 Å². The maximum Gasteiger partial charge on any atom is 0.415 e. The molecule has 38 heavy (non-hydrogen) atoms. The SMILES string of the molecule is CCCC=C1N(CC2CCCCC2)C(=O)OC12CCN(C1CCN(C(=O)c3c(C)cccc3C)CC1)CC2. The van der Waals surface area contributed by atoms with E-state index in [9.17, 15) is 9.59 Å². The lowest BCUT2D eigenvalue weighted by molar-refractivity contribution is -0.00576. The highest BCUT2D eigenvalue weighted by molar-refractivity contribution is 5.97. The van der Waals surface area contributed by atoms with Gasteiger partial charge in [-0.2, -0.15) is 0 Å². The number of hydrogen-bond donors (Lipinski definition) is 0. The largest absolute Gasteiger partial charge is 0.436 e. The molecule has 4 fully saturated rings. The summed E-state index contributed by atoms with van der Waals surface area (Å²) in [5, 5.41) is 0. The van der Waals surface area contributed by atoms with Gasteiger partial charge in [-0.1, -0.05) is 56.9 Å². The molecule has 5 rings (SSSR count). The van der Waals surface area contributed by atoms with Crippen molar-refractivity contribution >= 4 is 12.0 Å². The van der Waals surface area contributed by atoms with Gasteiger partial charge in [-0.25, -0.2) is 4.79 Å². The fourth-order valence-corrected chi connectivity index (χ4v) is 7.35. The number of nitrogens with zero attached hydrogens (tertiary/aromatic N) is 3. The predicted octanol–water partition coefficient (Wildman–Crippen LogP) is 6.46. The van der Waals surface area contributed by atoms with Gasteiger partial charge in [0.15, 0.2) is 5.60 Å². The zero-order chi connectivity index (χ0) is 26.7. The molecule has 1 aromatic rings. The molecule has 0 unspecified atom stereocenters. The van der Waals surface area contributed by atoms with Gasteiger partial charge in [0.25, 0.3) is 5.91 Å². The molecule has 4 aliphatic rings. The Morgan fingerprint density at radius 3 is 2.29 bits per heavy atom. The molecule has 3 saturated heterocycles. The lowest BCUT2D eigenvalue weighted by Crippen LogP contribution is -2.52. The van der Waals surface area contributed by atoms with Gasteiger partial charge >= 0.3 is 6.09 Å². The lowest BCUT2D eigenvalue weighted by atomic mass is 9.84. The molecule has 1 aliphatic carbocycles. The van der Waals surface area contributed by atoms with Crippen LogP contribution in [0, 0.1) is 19.8 Å². The third kappa shape index (κ3) is 5.52. The molecule has 0 aromatic heterocycles. The van der Waals surface area contributed by atoms with Crippen molar-refractivity contribution in [2.24, 2.45) is 5.92 Å². The summed E-state index contributed by atoms with van der Waals surface area (Å²) < 4.78 is 6.25. The lowest BCUT2D eigenvalue weighted by Gasteiger charge is -2.44. The normalized spacial score (nSPS) is 24.4. The molecular weight excluding hydrogens is 474 g/mol. The molecule has 1 saturated carbocycles. The van der Waals surface area contributed by atoms with Crippen LogP contribution in [0.3, 0.4) is 0 Å². The van der Waals surface area contributed by atoms with E-state index < -0.39 is 5.60 Å². The number of hydrogen-bond acceptors (Lipinski definition) is 4. The Kier molecular flexibility index (Phi) is 8.47. The maximum absolute atomic E-state index is 13.3. The molecule has 6 nitrogen and oxygen atoms in total. The Balaban J connectivity index is 1.19. The second kappa shape index (κ2) is 11.8. The topological polar surface area (TPSA) is 53.1 Å². The van der Waals surface area contributed by atoms with E-state index in [4.69, 9.17) is 4.74 Å². The number of aryl methyl sites for hydroxylation is 2. The minimum absolute atomic E-state index is 0.121. The molecule has 6 heteroatoms. The first kappa shape index (κ1) is 27.2. The number of rotatable bonds is 6. The van der Waals surface area contributed by atoms with Crippen molar-refractivity contribution in [3.63, 3.8) is 0 Å². The van der Waals surface area contributed by atoms with Gasteiger partial charge in [0.05, 0.1) is 5.70 Å². The monoisotopic (exact) mass is 521 g/mol. The van der Waals surface area contributed by atoms with Crippen molar-refractivity contribution in [1.29, 1.82) is 0 Å². The average molecular weight is 522 g/mol. The molecule has 208 valence electrons. The van der Waals surface area contributed by atoms with Crippen LogP contribution in [-0.2, 0) is 4.74 Å². The highest BCUT2D eigenvalue weighted by Gasteiger charge is 2.52. The number of benzene rings is 1. The Morgan fingerprint density at radius 2 is 1.66 bits per heavy atom. The molecular formula is C32H47N3O3. The Hall–Kier alpha value is -2.34. The summed E-state index contributed by atoms with van der Waals surface area (Å²) in [4.78, 5) is 33.1. The van der Waals surface area contributed by atoms with Gasteiger partial charge in [-0.15, -0.1) is 0 Å². The van der Waals surface area contributed by atoms with Crippen molar-refractivity contribution in [1.82, 2.24) is 14.7 Å². The highest BCUT2D eigenvalue weighted by Crippen LogP contribution is 2.43. The molecule has 3 aliphatic heterocycles. The summed E-state index contributed by atoms with van der Waals surface area (Å²) in [7, 11) is 0. The standard InChI is InChI=1S/C32H47N3O3/c1-4-5-14-28-32(38-31(37)35(28)23-26-12-7-6-8-13-26)17-21-33(22-18-32)27-15-19-34(20-16-27)30(36)29-24(2)10-9-11-25(29)3/h9-11,14,26-27H,4-8,12-13,15-23H2,1-3H3. The molecule has 0 N–H and O–H groups in total. The minimum atomic E-state index is -0.448. The molecule has 1 spiro atoms. The Morgan fingerprint density at radius 1 is 1.00 bits per heavy atom. The van der Waals surface area contributed by atoms with Crippen LogP contribution in [0.2, 0.25) is 0 Å². The molecule has 1 aromatic carbocycles. The van der Waals surface area contributed by atoms with Crippen LogP contribution >= 0.6 is 0 Å². The van der Waals surface area contributed by atoms with Crippen LogP contribution in [0.25, 0.3) is 0 Å². The fraction of sp³-hybridized carbons (Fsp3) is 0.688. The minimum Gasteiger partial charge on any atom is -0.436 e. The first-order valence-corrected chi connectivity index (χ1v) is 15.2. The number of amides is 2. The number of allylic oxidation sites excluding steroid dienone is 1. The van der Waals surface area contributed by atoms with Crippen molar-refractivity contribution in [3.8, 4) is 0 Å². The fourth-order valence-electron chi connectivity index (χ4n) is 7.35. The number of piperidine rings is 2. The molecule has 0 bridgehead atoms. The van der Waals surface area contributed by atoms with E-state index in [0.29, 0.717) is 12.0 Å².